The number of para-hydroxylation sites is 1. The smallest absolute Gasteiger partial charge is 0.279 e. The fourth-order valence-electron chi connectivity index (χ4n) is 3.12. The van der Waals surface area contributed by atoms with Crippen LogP contribution >= 0.6 is 0 Å². The van der Waals surface area contributed by atoms with Crippen molar-refractivity contribution in [2.24, 2.45) is 10.2 Å². The molecule has 28 heavy (non-hydrogen) atoms. The Hall–Kier alpha value is -3.73. The van der Waals surface area contributed by atoms with E-state index in [2.05, 4.69) is 10.2 Å². The Morgan fingerprint density at radius 3 is 2.39 bits per heavy atom. The molecule has 0 saturated heterocycles. The number of carbonyl (C=O) groups is 1. The number of fused-ring (bicyclic) bond motifs is 1. The molecule has 5 heteroatoms. The maximum atomic E-state index is 13.0. The van der Waals surface area contributed by atoms with Gasteiger partial charge in [-0.1, -0.05) is 48.5 Å². The number of rotatable bonds is 5. The number of anilines is 1. The average molecular weight is 369 g/mol. The topological polar surface area (TPSA) is 54.3 Å². The van der Waals surface area contributed by atoms with Gasteiger partial charge in [0, 0.05) is 5.56 Å². The van der Waals surface area contributed by atoms with E-state index in [0.29, 0.717) is 12.3 Å². The fraction of sp³-hybridized carbons (Fsp3) is 0.0870. The lowest BCUT2D eigenvalue weighted by Gasteiger charge is -2.16. The molecule has 0 radical (unpaired) electrons. The van der Waals surface area contributed by atoms with Crippen LogP contribution in [0.1, 0.15) is 16.7 Å². The van der Waals surface area contributed by atoms with Crippen molar-refractivity contribution in [1.82, 2.24) is 0 Å². The van der Waals surface area contributed by atoms with Crippen LogP contribution < -0.4 is 9.64 Å². The van der Waals surface area contributed by atoms with Crippen molar-refractivity contribution in [2.75, 3.05) is 12.0 Å². The molecule has 3 aromatic rings. The molecule has 5 nitrogen and oxygen atoms in total. The van der Waals surface area contributed by atoms with Crippen molar-refractivity contribution in [2.45, 2.75) is 6.54 Å². The Labute approximate surface area is 163 Å². The Balaban J connectivity index is 1.61. The highest BCUT2D eigenvalue weighted by Gasteiger charge is 2.33. The first-order valence-corrected chi connectivity index (χ1v) is 8.96. The summed E-state index contributed by atoms with van der Waals surface area (Å²) in [6.07, 6.45) is 1.63. The van der Waals surface area contributed by atoms with Crippen LogP contribution in [0.2, 0.25) is 0 Å². The van der Waals surface area contributed by atoms with Crippen molar-refractivity contribution in [3.05, 3.63) is 95.6 Å². The standard InChI is InChI=1S/C23H19N3O2/c1-28-19-13-11-17(12-14-19)15-24-25-22-20-9-5-6-10-21(20)26(23(22)27)16-18-7-3-2-4-8-18/h2-15H,16H2,1H3. The average Bonchev–Trinajstić information content (AvgIpc) is 3.01. The third-order valence-corrected chi connectivity index (χ3v) is 4.56. The number of hydrogen-bond acceptors (Lipinski definition) is 4. The monoisotopic (exact) mass is 369 g/mol. The molecule has 0 unspecified atom stereocenters. The highest BCUT2D eigenvalue weighted by Crippen LogP contribution is 2.30. The van der Waals surface area contributed by atoms with Gasteiger partial charge in [0.1, 0.15) is 5.75 Å². The second kappa shape index (κ2) is 7.88. The van der Waals surface area contributed by atoms with Crippen LogP contribution in [0.4, 0.5) is 5.69 Å². The SMILES string of the molecule is COc1ccc(C=NN=C2C(=O)N(Cc3ccccc3)c3ccccc32)cc1. The van der Waals surface area contributed by atoms with E-state index in [0.717, 1.165) is 28.1 Å². The minimum Gasteiger partial charge on any atom is -0.497 e. The summed E-state index contributed by atoms with van der Waals surface area (Å²) in [5, 5.41) is 8.38. The maximum absolute atomic E-state index is 13.0. The number of hydrogen-bond donors (Lipinski definition) is 0. The zero-order valence-corrected chi connectivity index (χ0v) is 15.4. The van der Waals surface area contributed by atoms with E-state index < -0.39 is 0 Å². The van der Waals surface area contributed by atoms with E-state index in [1.807, 2.05) is 78.9 Å². The van der Waals surface area contributed by atoms with Gasteiger partial charge < -0.3 is 9.64 Å². The first kappa shape index (κ1) is 17.7. The summed E-state index contributed by atoms with van der Waals surface area (Å²) in [5.74, 6) is 0.636. The minimum atomic E-state index is -0.142. The van der Waals surface area contributed by atoms with E-state index in [4.69, 9.17) is 4.74 Å². The summed E-state index contributed by atoms with van der Waals surface area (Å²) >= 11 is 0. The first-order valence-electron chi connectivity index (χ1n) is 8.96. The zero-order chi connectivity index (χ0) is 19.3. The van der Waals surface area contributed by atoms with Crippen LogP contribution in [0.15, 0.2) is 89.1 Å². The Morgan fingerprint density at radius 1 is 0.929 bits per heavy atom. The van der Waals surface area contributed by atoms with Crippen LogP contribution in [0, 0.1) is 0 Å². The van der Waals surface area contributed by atoms with Gasteiger partial charge in [0.05, 0.1) is 25.6 Å². The Bertz CT molecular complexity index is 1040. The summed E-state index contributed by atoms with van der Waals surface area (Å²) in [4.78, 5) is 14.7. The number of amides is 1. The summed E-state index contributed by atoms with van der Waals surface area (Å²) in [5.41, 5.74) is 3.96. The molecule has 4 rings (SSSR count). The fourth-order valence-corrected chi connectivity index (χ4v) is 3.12. The van der Waals surface area contributed by atoms with Crippen LogP contribution in [0.3, 0.4) is 0 Å². The third-order valence-electron chi connectivity index (χ3n) is 4.56. The molecule has 0 saturated carbocycles. The predicted molar refractivity (Wildman–Crippen MR) is 111 cm³/mol. The van der Waals surface area contributed by atoms with Gasteiger partial charge in [-0.25, -0.2) is 0 Å². The van der Waals surface area contributed by atoms with Crippen LogP contribution in [-0.4, -0.2) is 24.9 Å². The molecular formula is C23H19N3O2. The number of carbonyl (C=O) groups excluding carboxylic acids is 1. The molecule has 3 aromatic carbocycles. The third kappa shape index (κ3) is 3.55. The first-order chi connectivity index (χ1) is 13.8. The Morgan fingerprint density at radius 2 is 1.64 bits per heavy atom. The summed E-state index contributed by atoms with van der Waals surface area (Å²) in [7, 11) is 1.62. The van der Waals surface area contributed by atoms with Gasteiger partial charge in [-0.05, 0) is 41.5 Å². The molecule has 1 aliphatic heterocycles. The van der Waals surface area contributed by atoms with Gasteiger partial charge in [-0.3, -0.25) is 4.79 Å². The second-order valence-corrected chi connectivity index (χ2v) is 6.36. The second-order valence-electron chi connectivity index (χ2n) is 6.36. The van der Waals surface area contributed by atoms with E-state index in [9.17, 15) is 4.79 Å². The summed E-state index contributed by atoms with van der Waals surface area (Å²) in [6.45, 7) is 0.498. The predicted octanol–water partition coefficient (Wildman–Crippen LogP) is 4.07. The largest absolute Gasteiger partial charge is 0.497 e. The molecule has 1 amide bonds. The molecule has 0 aromatic heterocycles. The minimum absolute atomic E-state index is 0.142. The number of nitrogens with zero attached hydrogens (tertiary/aromatic N) is 3. The van der Waals surface area contributed by atoms with Crippen molar-refractivity contribution < 1.29 is 9.53 Å². The van der Waals surface area contributed by atoms with Crippen LogP contribution in [-0.2, 0) is 11.3 Å². The highest BCUT2D eigenvalue weighted by molar-refractivity contribution is 6.54. The van der Waals surface area contributed by atoms with Crippen molar-refractivity contribution in [3.63, 3.8) is 0 Å². The molecule has 1 heterocycles. The zero-order valence-electron chi connectivity index (χ0n) is 15.4. The molecule has 0 aliphatic carbocycles. The van der Waals surface area contributed by atoms with Gasteiger partial charge in [-0.15, -0.1) is 5.10 Å². The lowest BCUT2D eigenvalue weighted by molar-refractivity contribution is -0.112. The van der Waals surface area contributed by atoms with Gasteiger partial charge in [0.2, 0.25) is 0 Å². The molecule has 138 valence electrons. The van der Waals surface area contributed by atoms with Gasteiger partial charge in [0.25, 0.3) is 5.91 Å². The Kier molecular flexibility index (Phi) is 4.97. The van der Waals surface area contributed by atoms with Crippen LogP contribution in [0.25, 0.3) is 0 Å². The van der Waals surface area contributed by atoms with Gasteiger partial charge >= 0.3 is 0 Å². The molecule has 0 N–H and O–H groups in total. The van der Waals surface area contributed by atoms with E-state index in [1.165, 1.54) is 0 Å². The summed E-state index contributed by atoms with van der Waals surface area (Å²) in [6, 6.07) is 25.1. The molecule has 0 fully saturated rings. The van der Waals surface area contributed by atoms with E-state index >= 15 is 0 Å². The number of ether oxygens (including phenoxy) is 1. The molecule has 0 atom stereocenters. The highest BCUT2D eigenvalue weighted by atomic mass is 16.5. The summed E-state index contributed by atoms with van der Waals surface area (Å²) < 4.78 is 5.15. The van der Waals surface area contributed by atoms with E-state index in [1.54, 1.807) is 18.2 Å². The molecule has 0 bridgehead atoms. The van der Waals surface area contributed by atoms with Crippen molar-refractivity contribution in [3.8, 4) is 5.75 Å². The maximum Gasteiger partial charge on any atom is 0.279 e. The quantitative estimate of drug-likeness (QED) is 0.503. The normalized spacial score (nSPS) is 14.7. The van der Waals surface area contributed by atoms with Crippen LogP contribution in [0.5, 0.6) is 5.75 Å². The lowest BCUT2D eigenvalue weighted by Crippen LogP contribution is -2.29. The van der Waals surface area contributed by atoms with Crippen molar-refractivity contribution in [1.29, 1.82) is 0 Å². The van der Waals surface area contributed by atoms with Gasteiger partial charge in [0.15, 0.2) is 5.71 Å². The van der Waals surface area contributed by atoms with E-state index in [-0.39, 0.29) is 5.91 Å². The number of benzene rings is 3. The number of methoxy groups -OCH3 is 1. The lowest BCUT2D eigenvalue weighted by atomic mass is 10.1. The van der Waals surface area contributed by atoms with Gasteiger partial charge in [-0.2, -0.15) is 5.10 Å². The van der Waals surface area contributed by atoms with Crippen molar-refractivity contribution >= 4 is 23.5 Å². The molecule has 0 spiro atoms. The molecule has 1 aliphatic rings. The molecular weight excluding hydrogens is 350 g/mol.